The molecule has 86 valence electrons. The normalized spacial score (nSPS) is 23.6. The van der Waals surface area contributed by atoms with Crippen molar-refractivity contribution in [2.45, 2.75) is 31.4 Å². The van der Waals surface area contributed by atoms with Gasteiger partial charge >= 0.3 is 5.97 Å². The van der Waals surface area contributed by atoms with E-state index >= 15 is 0 Å². The molecule has 0 bridgehead atoms. The number of hydrogen-bond donors (Lipinski definition) is 3. The second-order valence-electron chi connectivity index (χ2n) is 3.78. The van der Waals surface area contributed by atoms with Gasteiger partial charge in [-0.1, -0.05) is 0 Å². The van der Waals surface area contributed by atoms with Crippen LogP contribution in [0.4, 0.5) is 0 Å². The number of carboxylic acids is 1. The molecule has 0 aromatic rings. The summed E-state index contributed by atoms with van der Waals surface area (Å²) in [6.07, 6.45) is 0.524. The maximum absolute atomic E-state index is 11.6. The molecule has 0 aromatic carbocycles. The molecule has 1 aliphatic rings. The van der Waals surface area contributed by atoms with Gasteiger partial charge < -0.3 is 20.8 Å². The number of aliphatic hydroxyl groups excluding tert-OH is 1. The molecule has 1 aliphatic heterocycles. The third-order valence-electron chi connectivity index (χ3n) is 2.42. The Morgan fingerprint density at radius 3 is 2.73 bits per heavy atom. The van der Waals surface area contributed by atoms with Gasteiger partial charge in [-0.05, 0) is 12.8 Å². The van der Waals surface area contributed by atoms with Crippen molar-refractivity contribution in [3.05, 3.63) is 0 Å². The second-order valence-corrected chi connectivity index (χ2v) is 3.78. The molecule has 15 heavy (non-hydrogen) atoms. The van der Waals surface area contributed by atoms with Gasteiger partial charge in [-0.15, -0.1) is 0 Å². The molecular weight excluding hydrogens is 200 g/mol. The monoisotopic (exact) mass is 216 g/mol. The van der Waals surface area contributed by atoms with Crippen LogP contribution in [0.3, 0.4) is 0 Å². The van der Waals surface area contributed by atoms with E-state index in [1.54, 1.807) is 0 Å². The van der Waals surface area contributed by atoms with Crippen LogP contribution in [0.2, 0.25) is 0 Å². The Morgan fingerprint density at radius 1 is 1.53 bits per heavy atom. The Labute approximate surface area is 87.7 Å². The van der Waals surface area contributed by atoms with Gasteiger partial charge in [0.15, 0.2) is 0 Å². The van der Waals surface area contributed by atoms with E-state index in [4.69, 9.17) is 10.8 Å². The summed E-state index contributed by atoms with van der Waals surface area (Å²) in [5, 5.41) is 17.8. The fourth-order valence-corrected chi connectivity index (χ4v) is 1.66. The predicted molar refractivity (Wildman–Crippen MR) is 52.0 cm³/mol. The van der Waals surface area contributed by atoms with E-state index in [1.807, 2.05) is 0 Å². The standard InChI is InChI=1S/C9H16N2O4/c10-7(4-8(13)14)9(15)11-3-1-2-6(12)5-11/h6-7,12H,1-5,10H2,(H,13,14). The fourth-order valence-electron chi connectivity index (χ4n) is 1.66. The van der Waals surface area contributed by atoms with Crippen LogP contribution < -0.4 is 5.73 Å². The van der Waals surface area contributed by atoms with Crippen LogP contribution in [0.5, 0.6) is 0 Å². The molecule has 6 nitrogen and oxygen atoms in total. The summed E-state index contributed by atoms with van der Waals surface area (Å²) in [5.41, 5.74) is 5.44. The number of rotatable bonds is 3. The van der Waals surface area contributed by atoms with E-state index in [0.29, 0.717) is 13.0 Å². The SMILES string of the molecule is NC(CC(=O)O)C(=O)N1CCCC(O)C1. The van der Waals surface area contributed by atoms with Crippen molar-refractivity contribution in [1.82, 2.24) is 4.90 Å². The van der Waals surface area contributed by atoms with Gasteiger partial charge in [-0.2, -0.15) is 0 Å². The van der Waals surface area contributed by atoms with Crippen molar-refractivity contribution < 1.29 is 19.8 Å². The smallest absolute Gasteiger partial charge is 0.305 e. The quantitative estimate of drug-likeness (QED) is 0.548. The minimum absolute atomic E-state index is 0.256. The fraction of sp³-hybridized carbons (Fsp3) is 0.778. The molecule has 2 unspecified atom stereocenters. The minimum Gasteiger partial charge on any atom is -0.481 e. The van der Waals surface area contributed by atoms with E-state index in [0.717, 1.165) is 6.42 Å². The molecule has 1 saturated heterocycles. The van der Waals surface area contributed by atoms with Gasteiger partial charge in [-0.25, -0.2) is 0 Å². The molecule has 1 amide bonds. The van der Waals surface area contributed by atoms with Crippen molar-refractivity contribution >= 4 is 11.9 Å². The molecule has 1 rings (SSSR count). The summed E-state index contributed by atoms with van der Waals surface area (Å²) in [6, 6.07) is -1.01. The summed E-state index contributed by atoms with van der Waals surface area (Å²) in [4.78, 5) is 23.4. The Bertz CT molecular complexity index is 256. The maximum atomic E-state index is 11.6. The van der Waals surface area contributed by atoms with E-state index in [1.165, 1.54) is 4.90 Å². The van der Waals surface area contributed by atoms with E-state index in [2.05, 4.69) is 0 Å². The third-order valence-corrected chi connectivity index (χ3v) is 2.42. The molecule has 2 atom stereocenters. The second kappa shape index (κ2) is 5.09. The van der Waals surface area contributed by atoms with Gasteiger partial charge in [0.25, 0.3) is 0 Å². The van der Waals surface area contributed by atoms with Gasteiger partial charge in [-0.3, -0.25) is 9.59 Å². The maximum Gasteiger partial charge on any atom is 0.305 e. The molecule has 4 N–H and O–H groups in total. The third kappa shape index (κ3) is 3.49. The van der Waals surface area contributed by atoms with Crippen molar-refractivity contribution in [2.75, 3.05) is 13.1 Å². The minimum atomic E-state index is -1.09. The van der Waals surface area contributed by atoms with Crippen LogP contribution >= 0.6 is 0 Å². The summed E-state index contributed by atoms with van der Waals surface area (Å²) >= 11 is 0. The largest absolute Gasteiger partial charge is 0.481 e. The first-order chi connectivity index (χ1) is 7.00. The highest BCUT2D eigenvalue weighted by atomic mass is 16.4. The van der Waals surface area contributed by atoms with Crippen LogP contribution in [0, 0.1) is 0 Å². The average molecular weight is 216 g/mol. The Kier molecular flexibility index (Phi) is 4.05. The summed E-state index contributed by atoms with van der Waals surface area (Å²) in [7, 11) is 0. The number of aliphatic hydroxyl groups is 1. The van der Waals surface area contributed by atoms with Crippen LogP contribution in [-0.2, 0) is 9.59 Å². The topological polar surface area (TPSA) is 104 Å². The lowest BCUT2D eigenvalue weighted by molar-refractivity contribution is -0.143. The Hall–Kier alpha value is -1.14. The van der Waals surface area contributed by atoms with Crippen molar-refractivity contribution in [2.24, 2.45) is 5.73 Å². The number of nitrogens with zero attached hydrogens (tertiary/aromatic N) is 1. The zero-order chi connectivity index (χ0) is 11.4. The molecular formula is C9H16N2O4. The number of β-amino-alcohol motifs (C(OH)–C–C–N with tert-alkyl or cyclic N) is 1. The zero-order valence-corrected chi connectivity index (χ0v) is 8.43. The van der Waals surface area contributed by atoms with Crippen LogP contribution in [0.15, 0.2) is 0 Å². The molecule has 1 heterocycles. The number of piperidine rings is 1. The van der Waals surface area contributed by atoms with Crippen LogP contribution in [-0.4, -0.2) is 52.2 Å². The number of nitrogens with two attached hydrogens (primary N) is 1. The summed E-state index contributed by atoms with van der Waals surface area (Å²) in [6.45, 7) is 0.801. The number of carbonyl (C=O) groups excluding carboxylic acids is 1. The van der Waals surface area contributed by atoms with Crippen molar-refractivity contribution in [1.29, 1.82) is 0 Å². The first-order valence-corrected chi connectivity index (χ1v) is 4.95. The number of aliphatic carboxylic acids is 1. The van der Waals surface area contributed by atoms with Crippen molar-refractivity contribution in [3.8, 4) is 0 Å². The van der Waals surface area contributed by atoms with E-state index < -0.39 is 24.0 Å². The van der Waals surface area contributed by atoms with E-state index in [9.17, 15) is 14.7 Å². The zero-order valence-electron chi connectivity index (χ0n) is 8.43. The lowest BCUT2D eigenvalue weighted by Gasteiger charge is -2.31. The number of carboxylic acid groups (broad SMARTS) is 1. The highest BCUT2D eigenvalue weighted by molar-refractivity contribution is 5.86. The molecule has 0 aromatic heterocycles. The van der Waals surface area contributed by atoms with Crippen LogP contribution in [0.1, 0.15) is 19.3 Å². The van der Waals surface area contributed by atoms with Crippen molar-refractivity contribution in [3.63, 3.8) is 0 Å². The number of carbonyl (C=O) groups is 2. The number of amides is 1. The highest BCUT2D eigenvalue weighted by Crippen LogP contribution is 2.11. The molecule has 0 aliphatic carbocycles. The molecule has 1 fully saturated rings. The summed E-state index contributed by atoms with van der Waals surface area (Å²) in [5.74, 6) is -1.48. The summed E-state index contributed by atoms with van der Waals surface area (Å²) < 4.78 is 0. The molecule has 6 heteroatoms. The van der Waals surface area contributed by atoms with Gasteiger partial charge in [0.2, 0.25) is 5.91 Å². The lowest BCUT2D eigenvalue weighted by atomic mass is 10.1. The number of likely N-dealkylation sites (tertiary alicyclic amines) is 1. The Morgan fingerprint density at radius 2 is 2.20 bits per heavy atom. The Balaban J connectivity index is 2.47. The van der Waals surface area contributed by atoms with Gasteiger partial charge in [0.05, 0.1) is 18.6 Å². The number of hydrogen-bond acceptors (Lipinski definition) is 4. The highest BCUT2D eigenvalue weighted by Gasteiger charge is 2.27. The van der Waals surface area contributed by atoms with Crippen LogP contribution in [0.25, 0.3) is 0 Å². The van der Waals surface area contributed by atoms with Gasteiger partial charge in [0.1, 0.15) is 0 Å². The lowest BCUT2D eigenvalue weighted by Crippen LogP contribution is -2.49. The van der Waals surface area contributed by atoms with Gasteiger partial charge in [0, 0.05) is 13.1 Å². The molecule has 0 spiro atoms. The molecule has 0 saturated carbocycles. The predicted octanol–water partition coefficient (Wildman–Crippen LogP) is -1.23. The first-order valence-electron chi connectivity index (χ1n) is 4.95. The molecule has 0 radical (unpaired) electrons. The van der Waals surface area contributed by atoms with E-state index in [-0.39, 0.29) is 13.0 Å². The first kappa shape index (κ1) is 11.9. The average Bonchev–Trinajstić information content (AvgIpc) is 2.15.